The Morgan fingerprint density at radius 1 is 1.47 bits per heavy atom. The van der Waals surface area contributed by atoms with E-state index in [0.717, 1.165) is 24.1 Å². The lowest BCUT2D eigenvalue weighted by molar-refractivity contribution is 0.0265. The Bertz CT molecular complexity index is 467. The summed E-state index contributed by atoms with van der Waals surface area (Å²) in [6.45, 7) is 2.72. The van der Waals surface area contributed by atoms with Crippen molar-refractivity contribution in [2.75, 3.05) is 26.0 Å². The summed E-state index contributed by atoms with van der Waals surface area (Å²) in [4.78, 5) is 14.2. The van der Waals surface area contributed by atoms with Crippen LogP contribution in [0.3, 0.4) is 0 Å². The van der Waals surface area contributed by atoms with Gasteiger partial charge in [0.25, 0.3) is 5.91 Å². The van der Waals surface area contributed by atoms with Gasteiger partial charge in [0.2, 0.25) is 0 Å². The molecule has 1 aliphatic rings. The van der Waals surface area contributed by atoms with Crippen molar-refractivity contribution in [3.63, 3.8) is 0 Å². The van der Waals surface area contributed by atoms with E-state index in [1.54, 1.807) is 4.90 Å². The molecule has 19 heavy (non-hydrogen) atoms. The van der Waals surface area contributed by atoms with Crippen LogP contribution in [-0.4, -0.2) is 42.7 Å². The normalized spacial score (nSPS) is 21.7. The van der Waals surface area contributed by atoms with Gasteiger partial charge >= 0.3 is 0 Å². The molecule has 1 saturated carbocycles. The highest BCUT2D eigenvalue weighted by Crippen LogP contribution is 2.28. The highest BCUT2D eigenvalue weighted by atomic mass is 16.3. The fraction of sp³-hybridized carbons (Fsp3) is 0.533. The standard InChI is InChI=1S/C15H22N2O2/c1-10-4-5-13(14(6-10)16-2)15(19)17(3)9-11-7-12(18)8-11/h4-6,11-12,16,18H,7-9H2,1-3H3. The van der Waals surface area contributed by atoms with Crippen molar-refractivity contribution in [2.45, 2.75) is 25.9 Å². The molecule has 0 saturated heterocycles. The van der Waals surface area contributed by atoms with Crippen molar-refractivity contribution in [1.82, 2.24) is 4.90 Å². The predicted octanol–water partition coefficient (Wildman–Crippen LogP) is 1.88. The van der Waals surface area contributed by atoms with Crippen LogP contribution in [0.1, 0.15) is 28.8 Å². The maximum Gasteiger partial charge on any atom is 0.255 e. The summed E-state index contributed by atoms with van der Waals surface area (Å²) in [6.07, 6.45) is 1.45. The molecule has 0 heterocycles. The Balaban J connectivity index is 2.06. The van der Waals surface area contributed by atoms with Crippen LogP contribution < -0.4 is 5.32 Å². The molecule has 104 valence electrons. The summed E-state index contributed by atoms with van der Waals surface area (Å²) >= 11 is 0. The van der Waals surface area contributed by atoms with Crippen LogP contribution in [0.4, 0.5) is 5.69 Å². The number of nitrogens with one attached hydrogen (secondary N) is 1. The molecular weight excluding hydrogens is 240 g/mol. The molecule has 0 unspecified atom stereocenters. The van der Waals surface area contributed by atoms with E-state index < -0.39 is 0 Å². The average Bonchev–Trinajstić information content (AvgIpc) is 2.35. The first-order valence-electron chi connectivity index (χ1n) is 6.73. The lowest BCUT2D eigenvalue weighted by Crippen LogP contribution is -2.39. The van der Waals surface area contributed by atoms with E-state index in [1.807, 2.05) is 39.2 Å². The Morgan fingerprint density at radius 2 is 2.16 bits per heavy atom. The Morgan fingerprint density at radius 3 is 2.74 bits per heavy atom. The number of aliphatic hydroxyl groups excluding tert-OH is 1. The second kappa shape index (κ2) is 5.61. The summed E-state index contributed by atoms with van der Waals surface area (Å²) in [5, 5.41) is 12.4. The average molecular weight is 262 g/mol. The number of aliphatic hydroxyl groups is 1. The van der Waals surface area contributed by atoms with Crippen molar-refractivity contribution in [2.24, 2.45) is 5.92 Å². The zero-order valence-corrected chi connectivity index (χ0v) is 11.8. The Labute approximate surface area is 114 Å². The molecule has 0 spiro atoms. The smallest absolute Gasteiger partial charge is 0.255 e. The molecule has 2 rings (SSSR count). The van der Waals surface area contributed by atoms with E-state index in [1.165, 1.54) is 0 Å². The van der Waals surface area contributed by atoms with Crippen molar-refractivity contribution in [1.29, 1.82) is 0 Å². The molecule has 0 atom stereocenters. The number of nitrogens with zero attached hydrogens (tertiary/aromatic N) is 1. The van der Waals surface area contributed by atoms with Gasteiger partial charge in [-0.05, 0) is 43.4 Å². The van der Waals surface area contributed by atoms with Crippen molar-refractivity contribution < 1.29 is 9.90 Å². The van der Waals surface area contributed by atoms with Gasteiger partial charge in [-0.15, -0.1) is 0 Å². The third-order valence-corrected chi connectivity index (χ3v) is 3.76. The molecule has 0 radical (unpaired) electrons. The summed E-state index contributed by atoms with van der Waals surface area (Å²) < 4.78 is 0. The number of hydrogen-bond donors (Lipinski definition) is 2. The summed E-state index contributed by atoms with van der Waals surface area (Å²) in [5.41, 5.74) is 2.70. The van der Waals surface area contributed by atoms with Crippen molar-refractivity contribution >= 4 is 11.6 Å². The maximum atomic E-state index is 12.4. The number of amides is 1. The number of carbonyl (C=O) groups excluding carboxylic acids is 1. The van der Waals surface area contributed by atoms with Crippen LogP contribution in [0.25, 0.3) is 0 Å². The fourth-order valence-corrected chi connectivity index (χ4v) is 2.58. The second-order valence-electron chi connectivity index (χ2n) is 5.48. The van der Waals surface area contributed by atoms with Gasteiger partial charge in [-0.2, -0.15) is 0 Å². The lowest BCUT2D eigenvalue weighted by atomic mass is 9.82. The van der Waals surface area contributed by atoms with Gasteiger partial charge in [0.1, 0.15) is 0 Å². The van der Waals surface area contributed by atoms with Gasteiger partial charge in [-0.25, -0.2) is 0 Å². The van der Waals surface area contributed by atoms with E-state index in [2.05, 4.69) is 5.32 Å². The van der Waals surface area contributed by atoms with Gasteiger partial charge in [-0.1, -0.05) is 6.07 Å². The first-order valence-corrected chi connectivity index (χ1v) is 6.73. The molecule has 1 aromatic carbocycles. The highest BCUT2D eigenvalue weighted by molar-refractivity contribution is 5.99. The van der Waals surface area contributed by atoms with Crippen LogP contribution in [0, 0.1) is 12.8 Å². The minimum atomic E-state index is -0.166. The zero-order chi connectivity index (χ0) is 14.0. The molecule has 1 fully saturated rings. The molecule has 0 bridgehead atoms. The number of aryl methyl sites for hydroxylation is 1. The van der Waals surface area contributed by atoms with E-state index in [4.69, 9.17) is 0 Å². The monoisotopic (exact) mass is 262 g/mol. The fourth-order valence-electron chi connectivity index (χ4n) is 2.58. The van der Waals surface area contributed by atoms with E-state index in [-0.39, 0.29) is 12.0 Å². The summed E-state index contributed by atoms with van der Waals surface area (Å²) in [6, 6.07) is 5.80. The quantitative estimate of drug-likeness (QED) is 0.871. The summed E-state index contributed by atoms with van der Waals surface area (Å²) in [5.74, 6) is 0.471. The molecule has 1 amide bonds. The van der Waals surface area contributed by atoms with Gasteiger partial charge in [0, 0.05) is 26.3 Å². The molecule has 0 aliphatic heterocycles. The third-order valence-electron chi connectivity index (χ3n) is 3.76. The minimum absolute atomic E-state index is 0.0331. The van der Waals surface area contributed by atoms with E-state index in [0.29, 0.717) is 18.0 Å². The number of benzene rings is 1. The zero-order valence-electron chi connectivity index (χ0n) is 11.8. The Hall–Kier alpha value is -1.55. The predicted molar refractivity (Wildman–Crippen MR) is 76.4 cm³/mol. The van der Waals surface area contributed by atoms with Crippen LogP contribution in [0.15, 0.2) is 18.2 Å². The van der Waals surface area contributed by atoms with Crippen LogP contribution in [-0.2, 0) is 0 Å². The van der Waals surface area contributed by atoms with Gasteiger partial charge < -0.3 is 15.3 Å². The van der Waals surface area contributed by atoms with Gasteiger partial charge in [-0.3, -0.25) is 4.79 Å². The summed E-state index contributed by atoms with van der Waals surface area (Å²) in [7, 11) is 3.65. The second-order valence-corrected chi connectivity index (χ2v) is 5.48. The first kappa shape index (κ1) is 13.9. The van der Waals surface area contributed by atoms with E-state index in [9.17, 15) is 9.90 Å². The SMILES string of the molecule is CNc1cc(C)ccc1C(=O)N(C)CC1CC(O)C1. The van der Waals surface area contributed by atoms with Gasteiger partial charge in [0.05, 0.1) is 11.7 Å². The number of rotatable bonds is 4. The van der Waals surface area contributed by atoms with Crippen LogP contribution >= 0.6 is 0 Å². The largest absolute Gasteiger partial charge is 0.393 e. The van der Waals surface area contributed by atoms with Crippen LogP contribution in [0.5, 0.6) is 0 Å². The molecule has 0 aromatic heterocycles. The molecule has 1 aromatic rings. The highest BCUT2D eigenvalue weighted by Gasteiger charge is 2.29. The lowest BCUT2D eigenvalue weighted by Gasteiger charge is -2.34. The minimum Gasteiger partial charge on any atom is -0.393 e. The Kier molecular flexibility index (Phi) is 4.10. The van der Waals surface area contributed by atoms with E-state index >= 15 is 0 Å². The maximum absolute atomic E-state index is 12.4. The molecule has 1 aliphatic carbocycles. The van der Waals surface area contributed by atoms with Gasteiger partial charge in [0.15, 0.2) is 0 Å². The molecule has 4 nitrogen and oxygen atoms in total. The molecular formula is C15H22N2O2. The number of carbonyl (C=O) groups is 1. The molecule has 2 N–H and O–H groups in total. The number of anilines is 1. The molecule has 4 heteroatoms. The van der Waals surface area contributed by atoms with Crippen molar-refractivity contribution in [3.8, 4) is 0 Å². The number of hydrogen-bond acceptors (Lipinski definition) is 3. The van der Waals surface area contributed by atoms with Crippen molar-refractivity contribution in [3.05, 3.63) is 29.3 Å². The van der Waals surface area contributed by atoms with Crippen LogP contribution in [0.2, 0.25) is 0 Å². The third kappa shape index (κ3) is 3.07. The topological polar surface area (TPSA) is 52.6 Å². The first-order chi connectivity index (χ1) is 9.01.